The van der Waals surface area contributed by atoms with Gasteiger partial charge in [0.25, 0.3) is 5.56 Å². The molecule has 1 aliphatic carbocycles. The summed E-state index contributed by atoms with van der Waals surface area (Å²) in [6.07, 6.45) is 3.79. The van der Waals surface area contributed by atoms with Gasteiger partial charge >= 0.3 is 0 Å². The zero-order valence-electron chi connectivity index (χ0n) is 16.6. The van der Waals surface area contributed by atoms with Crippen molar-refractivity contribution in [2.75, 3.05) is 18.6 Å². The van der Waals surface area contributed by atoms with Gasteiger partial charge in [-0.05, 0) is 44.2 Å². The van der Waals surface area contributed by atoms with Crippen LogP contribution in [0.2, 0.25) is 0 Å². The lowest BCUT2D eigenvalue weighted by Gasteiger charge is -2.25. The molecule has 5 nitrogen and oxygen atoms in total. The van der Waals surface area contributed by atoms with E-state index in [0.717, 1.165) is 49.1 Å². The number of carbonyl (C=O) groups is 1. The molecule has 2 aliphatic rings. The molecular formula is C22H24F2N2O3. The van der Waals surface area contributed by atoms with E-state index in [1.165, 1.54) is 12.0 Å². The number of nitrogens with zero attached hydrogens (tertiary/aromatic N) is 2. The van der Waals surface area contributed by atoms with E-state index < -0.39 is 17.6 Å². The molecule has 7 heteroatoms. The van der Waals surface area contributed by atoms with E-state index in [-0.39, 0.29) is 35.7 Å². The molecule has 2 heterocycles. The van der Waals surface area contributed by atoms with Crippen LogP contribution >= 0.6 is 0 Å². The molecule has 1 aliphatic heterocycles. The van der Waals surface area contributed by atoms with Gasteiger partial charge in [0.05, 0.1) is 7.11 Å². The maximum atomic E-state index is 14.5. The number of pyridine rings is 1. The number of methoxy groups -OCH3 is 1. The van der Waals surface area contributed by atoms with Crippen LogP contribution in [0, 0.1) is 11.6 Å². The molecule has 0 radical (unpaired) electrons. The largest absolute Gasteiger partial charge is 0.497 e. The summed E-state index contributed by atoms with van der Waals surface area (Å²) in [5.74, 6) is -2.33. The summed E-state index contributed by atoms with van der Waals surface area (Å²) < 4.78 is 35.7. The monoisotopic (exact) mass is 402 g/mol. The Hall–Kier alpha value is -2.70. The quantitative estimate of drug-likeness (QED) is 0.786. The molecule has 1 atom stereocenters. The number of anilines is 1. The Balaban J connectivity index is 1.72. The average Bonchev–Trinajstić information content (AvgIpc) is 3.07. The van der Waals surface area contributed by atoms with Crippen LogP contribution in [-0.2, 0) is 24.2 Å². The lowest BCUT2D eigenvalue weighted by atomic mass is 9.95. The molecule has 1 fully saturated rings. The van der Waals surface area contributed by atoms with Crippen LogP contribution in [-0.4, -0.2) is 24.1 Å². The Bertz CT molecular complexity index is 1010. The maximum absolute atomic E-state index is 14.5. The van der Waals surface area contributed by atoms with Crippen LogP contribution in [0.3, 0.4) is 0 Å². The van der Waals surface area contributed by atoms with Gasteiger partial charge in [0, 0.05) is 48.8 Å². The molecule has 154 valence electrons. The number of carbonyl (C=O) groups excluding carboxylic acids is 1. The second-order valence-electron chi connectivity index (χ2n) is 7.67. The molecule has 29 heavy (non-hydrogen) atoms. The SMILES string of the molecule is CCn1c2c(cc(N3C[C@@H](c4c(F)cc(OC)cc4F)CC3=O)c1=O)CCCC2. The fourth-order valence-electron chi connectivity index (χ4n) is 4.59. The second kappa shape index (κ2) is 7.61. The Morgan fingerprint density at radius 2 is 1.79 bits per heavy atom. The summed E-state index contributed by atoms with van der Waals surface area (Å²) >= 11 is 0. The third kappa shape index (κ3) is 3.32. The van der Waals surface area contributed by atoms with Gasteiger partial charge in [0.15, 0.2) is 0 Å². The standard InChI is InChI=1S/C22H24F2N2O3/c1-3-25-18-7-5-4-6-13(18)8-19(22(25)28)26-12-14(9-20(26)27)21-16(23)10-15(29-2)11-17(21)24/h8,10-11,14H,3-7,9,12H2,1-2H3/t14-/m0/s1. The normalized spacial score (nSPS) is 18.8. The van der Waals surface area contributed by atoms with Gasteiger partial charge in [0.2, 0.25) is 5.91 Å². The van der Waals surface area contributed by atoms with Gasteiger partial charge in [-0.3, -0.25) is 9.59 Å². The number of hydrogen-bond donors (Lipinski definition) is 0. The third-order valence-electron chi connectivity index (χ3n) is 6.01. The van der Waals surface area contributed by atoms with E-state index in [0.29, 0.717) is 12.2 Å². The Morgan fingerprint density at radius 3 is 2.45 bits per heavy atom. The predicted molar refractivity (Wildman–Crippen MR) is 106 cm³/mol. The number of rotatable bonds is 4. The van der Waals surface area contributed by atoms with Crippen LogP contribution in [0.15, 0.2) is 23.0 Å². The average molecular weight is 402 g/mol. The van der Waals surface area contributed by atoms with Crippen molar-refractivity contribution in [3.8, 4) is 5.75 Å². The van der Waals surface area contributed by atoms with Crippen molar-refractivity contribution in [3.05, 3.63) is 57.0 Å². The lowest BCUT2D eigenvalue weighted by molar-refractivity contribution is -0.117. The van der Waals surface area contributed by atoms with Crippen molar-refractivity contribution in [1.82, 2.24) is 4.57 Å². The van der Waals surface area contributed by atoms with Crippen LogP contribution < -0.4 is 15.2 Å². The Kier molecular flexibility index (Phi) is 5.15. The van der Waals surface area contributed by atoms with E-state index in [2.05, 4.69) is 0 Å². The first kappa shape index (κ1) is 19.6. The molecule has 0 spiro atoms. The molecular weight excluding hydrogens is 378 g/mol. The molecule has 1 amide bonds. The summed E-state index contributed by atoms with van der Waals surface area (Å²) in [6, 6.07) is 4.05. The van der Waals surface area contributed by atoms with Crippen molar-refractivity contribution in [1.29, 1.82) is 0 Å². The van der Waals surface area contributed by atoms with Gasteiger partial charge in [-0.2, -0.15) is 0 Å². The smallest absolute Gasteiger partial charge is 0.274 e. The number of benzene rings is 1. The van der Waals surface area contributed by atoms with Crippen molar-refractivity contribution in [3.63, 3.8) is 0 Å². The molecule has 4 rings (SSSR count). The van der Waals surface area contributed by atoms with E-state index in [4.69, 9.17) is 4.74 Å². The van der Waals surface area contributed by atoms with Crippen molar-refractivity contribution in [2.24, 2.45) is 0 Å². The summed E-state index contributed by atoms with van der Waals surface area (Å²) in [4.78, 5) is 27.2. The fourth-order valence-corrected chi connectivity index (χ4v) is 4.59. The molecule has 0 bridgehead atoms. The van der Waals surface area contributed by atoms with Crippen LogP contribution in [0.4, 0.5) is 14.5 Å². The molecule has 0 unspecified atom stereocenters. The van der Waals surface area contributed by atoms with E-state index in [1.807, 2.05) is 13.0 Å². The minimum atomic E-state index is -0.738. The first-order chi connectivity index (χ1) is 13.9. The van der Waals surface area contributed by atoms with Gasteiger partial charge < -0.3 is 14.2 Å². The van der Waals surface area contributed by atoms with Crippen LogP contribution in [0.1, 0.15) is 48.9 Å². The number of aromatic nitrogens is 1. The Morgan fingerprint density at radius 1 is 1.10 bits per heavy atom. The summed E-state index contributed by atoms with van der Waals surface area (Å²) in [6.45, 7) is 2.52. The van der Waals surface area contributed by atoms with Crippen molar-refractivity contribution >= 4 is 11.6 Å². The molecule has 1 saturated heterocycles. The highest BCUT2D eigenvalue weighted by Gasteiger charge is 2.37. The lowest BCUT2D eigenvalue weighted by Crippen LogP contribution is -2.35. The first-order valence-corrected chi connectivity index (χ1v) is 10.0. The molecule has 0 saturated carbocycles. The highest BCUT2D eigenvalue weighted by atomic mass is 19.1. The predicted octanol–water partition coefficient (Wildman–Crippen LogP) is 3.55. The molecule has 0 N–H and O–H groups in total. The highest BCUT2D eigenvalue weighted by Crippen LogP contribution is 2.36. The number of ether oxygens (including phenoxy) is 1. The van der Waals surface area contributed by atoms with E-state index in [9.17, 15) is 18.4 Å². The zero-order valence-corrected chi connectivity index (χ0v) is 16.6. The topological polar surface area (TPSA) is 51.5 Å². The summed E-state index contributed by atoms with van der Waals surface area (Å²) in [7, 11) is 1.34. The number of aryl methyl sites for hydroxylation is 1. The van der Waals surface area contributed by atoms with Crippen molar-refractivity contribution in [2.45, 2.75) is 51.5 Å². The van der Waals surface area contributed by atoms with Crippen molar-refractivity contribution < 1.29 is 18.3 Å². The fraction of sp³-hybridized carbons (Fsp3) is 0.455. The molecule has 1 aromatic carbocycles. The summed E-state index contributed by atoms with van der Waals surface area (Å²) in [5.41, 5.74) is 2.11. The van der Waals surface area contributed by atoms with Gasteiger partial charge in [-0.1, -0.05) is 0 Å². The summed E-state index contributed by atoms with van der Waals surface area (Å²) in [5, 5.41) is 0. The van der Waals surface area contributed by atoms with Gasteiger partial charge in [0.1, 0.15) is 23.1 Å². The maximum Gasteiger partial charge on any atom is 0.274 e. The van der Waals surface area contributed by atoms with Crippen LogP contribution in [0.5, 0.6) is 5.75 Å². The highest BCUT2D eigenvalue weighted by molar-refractivity contribution is 5.96. The number of amides is 1. The second-order valence-corrected chi connectivity index (χ2v) is 7.67. The molecule has 2 aromatic rings. The zero-order chi connectivity index (χ0) is 20.7. The first-order valence-electron chi connectivity index (χ1n) is 10.0. The number of halogens is 2. The van der Waals surface area contributed by atoms with Crippen LogP contribution in [0.25, 0.3) is 0 Å². The van der Waals surface area contributed by atoms with Gasteiger partial charge in [-0.15, -0.1) is 0 Å². The Labute approximate surface area is 167 Å². The molecule has 1 aromatic heterocycles. The van der Waals surface area contributed by atoms with E-state index in [1.54, 1.807) is 4.57 Å². The number of hydrogen-bond acceptors (Lipinski definition) is 3. The number of fused-ring (bicyclic) bond motifs is 1. The minimum absolute atomic E-state index is 0.0389. The third-order valence-corrected chi connectivity index (χ3v) is 6.01. The van der Waals surface area contributed by atoms with E-state index >= 15 is 0 Å². The van der Waals surface area contributed by atoms with Gasteiger partial charge in [-0.25, -0.2) is 8.78 Å². The minimum Gasteiger partial charge on any atom is -0.497 e.